The molecule has 0 bridgehead atoms. The monoisotopic (exact) mass is 279 g/mol. The highest BCUT2D eigenvalue weighted by atomic mass is 32.1. The molecule has 2 aromatic rings. The normalized spacial score (nSPS) is 10.2. The van der Waals surface area contributed by atoms with E-state index in [9.17, 15) is 9.18 Å². The van der Waals surface area contributed by atoms with E-state index in [0.717, 1.165) is 10.4 Å². The van der Waals surface area contributed by atoms with Gasteiger partial charge in [0.2, 0.25) is 0 Å². The van der Waals surface area contributed by atoms with Crippen molar-refractivity contribution < 1.29 is 13.9 Å². The van der Waals surface area contributed by atoms with Crippen molar-refractivity contribution >= 4 is 17.2 Å². The fourth-order valence-corrected chi connectivity index (χ4v) is 2.37. The number of aryl methyl sites for hydroxylation is 1. The van der Waals surface area contributed by atoms with Crippen molar-refractivity contribution in [3.05, 3.63) is 52.0 Å². The molecule has 1 amide bonds. The number of nitrogens with one attached hydrogen (secondary N) is 1. The summed E-state index contributed by atoms with van der Waals surface area (Å²) in [5.74, 6) is -0.648. The lowest BCUT2D eigenvalue weighted by Gasteiger charge is -2.07. The maximum absolute atomic E-state index is 13.2. The zero-order valence-electron chi connectivity index (χ0n) is 10.5. The lowest BCUT2D eigenvalue weighted by atomic mass is 10.3. The van der Waals surface area contributed by atoms with Crippen molar-refractivity contribution in [2.45, 2.75) is 13.5 Å². The Morgan fingerprint density at radius 2 is 2.16 bits per heavy atom. The van der Waals surface area contributed by atoms with Crippen LogP contribution < -0.4 is 10.1 Å². The highest BCUT2D eigenvalue weighted by Gasteiger charge is 2.07. The topological polar surface area (TPSA) is 38.3 Å². The van der Waals surface area contributed by atoms with Crippen LogP contribution in [0.15, 0.2) is 35.7 Å². The summed E-state index contributed by atoms with van der Waals surface area (Å²) in [5, 5.41) is 4.72. The van der Waals surface area contributed by atoms with Crippen LogP contribution in [0.4, 0.5) is 4.39 Å². The summed E-state index contributed by atoms with van der Waals surface area (Å²) >= 11 is 1.59. The fraction of sp³-hybridized carbons (Fsp3) is 0.214. The van der Waals surface area contributed by atoms with E-state index in [1.54, 1.807) is 23.5 Å². The summed E-state index contributed by atoms with van der Waals surface area (Å²) in [4.78, 5) is 12.7. The first-order valence-electron chi connectivity index (χ1n) is 5.84. The zero-order valence-corrected chi connectivity index (χ0v) is 11.3. The molecule has 1 heterocycles. The number of benzene rings is 1. The number of carbonyl (C=O) groups excluding carboxylic acids is 1. The van der Waals surface area contributed by atoms with Crippen LogP contribution in [0.3, 0.4) is 0 Å². The number of hydrogen-bond donors (Lipinski definition) is 1. The van der Waals surface area contributed by atoms with E-state index >= 15 is 0 Å². The maximum Gasteiger partial charge on any atom is 0.258 e. The molecule has 0 spiro atoms. The van der Waals surface area contributed by atoms with Crippen molar-refractivity contribution in [3.63, 3.8) is 0 Å². The van der Waals surface area contributed by atoms with Gasteiger partial charge < -0.3 is 10.1 Å². The van der Waals surface area contributed by atoms with Gasteiger partial charge in [0, 0.05) is 4.88 Å². The summed E-state index contributed by atoms with van der Waals surface area (Å²) in [7, 11) is 0. The minimum Gasteiger partial charge on any atom is -0.481 e. The quantitative estimate of drug-likeness (QED) is 0.914. The number of carbonyl (C=O) groups is 1. The van der Waals surface area contributed by atoms with E-state index in [2.05, 4.69) is 5.32 Å². The van der Waals surface area contributed by atoms with Gasteiger partial charge >= 0.3 is 0 Å². The predicted molar refractivity (Wildman–Crippen MR) is 72.8 cm³/mol. The average molecular weight is 279 g/mol. The number of amides is 1. The third-order valence-corrected chi connectivity index (χ3v) is 3.63. The Kier molecular flexibility index (Phi) is 4.52. The smallest absolute Gasteiger partial charge is 0.258 e. The van der Waals surface area contributed by atoms with Gasteiger partial charge in [-0.3, -0.25) is 4.79 Å². The summed E-state index contributed by atoms with van der Waals surface area (Å²) < 4.78 is 18.4. The number of hydrogen-bond acceptors (Lipinski definition) is 3. The summed E-state index contributed by atoms with van der Waals surface area (Å²) in [6, 6.07) is 8.02. The Morgan fingerprint density at radius 3 is 2.84 bits per heavy atom. The molecule has 0 radical (unpaired) electrons. The number of thiophene rings is 1. The third kappa shape index (κ3) is 3.79. The molecule has 0 saturated heterocycles. The predicted octanol–water partition coefficient (Wildman–Crippen LogP) is 2.89. The molecule has 1 N–H and O–H groups in total. The molecular formula is C14H14FNO2S. The van der Waals surface area contributed by atoms with Gasteiger partial charge in [0.05, 0.1) is 6.54 Å². The van der Waals surface area contributed by atoms with Crippen LogP contribution in [0.25, 0.3) is 0 Å². The van der Waals surface area contributed by atoms with E-state index in [4.69, 9.17) is 4.74 Å². The van der Waals surface area contributed by atoms with Crippen LogP contribution in [0.1, 0.15) is 10.4 Å². The summed E-state index contributed by atoms with van der Waals surface area (Å²) in [6.07, 6.45) is 0. The molecule has 3 nitrogen and oxygen atoms in total. The van der Waals surface area contributed by atoms with Crippen molar-refractivity contribution in [2.24, 2.45) is 0 Å². The second-order valence-corrected chi connectivity index (χ2v) is 5.02. The van der Waals surface area contributed by atoms with Crippen LogP contribution in [0.2, 0.25) is 0 Å². The first-order valence-corrected chi connectivity index (χ1v) is 6.72. The van der Waals surface area contributed by atoms with Gasteiger partial charge in [0.15, 0.2) is 18.2 Å². The molecule has 0 fully saturated rings. The molecule has 0 unspecified atom stereocenters. The second-order valence-electron chi connectivity index (χ2n) is 4.02. The number of para-hydroxylation sites is 1. The van der Waals surface area contributed by atoms with E-state index in [-0.39, 0.29) is 18.3 Å². The molecule has 0 atom stereocenters. The molecule has 0 aliphatic carbocycles. The van der Waals surface area contributed by atoms with Crippen molar-refractivity contribution in [2.75, 3.05) is 6.61 Å². The molecular weight excluding hydrogens is 265 g/mol. The molecule has 0 aliphatic heterocycles. The lowest BCUT2D eigenvalue weighted by Crippen LogP contribution is -2.28. The Labute approximate surface area is 115 Å². The van der Waals surface area contributed by atoms with Crippen LogP contribution in [-0.4, -0.2) is 12.5 Å². The molecule has 1 aromatic heterocycles. The molecule has 5 heteroatoms. The SMILES string of the molecule is Cc1ccsc1CNC(=O)COc1ccccc1F. The van der Waals surface area contributed by atoms with E-state index in [0.29, 0.717) is 6.54 Å². The van der Waals surface area contributed by atoms with Gasteiger partial charge in [0.25, 0.3) is 5.91 Å². The van der Waals surface area contributed by atoms with Crippen molar-refractivity contribution in [1.29, 1.82) is 0 Å². The van der Waals surface area contributed by atoms with Gasteiger partial charge in [-0.1, -0.05) is 12.1 Å². The van der Waals surface area contributed by atoms with Crippen LogP contribution >= 0.6 is 11.3 Å². The van der Waals surface area contributed by atoms with E-state index in [1.807, 2.05) is 18.4 Å². The standard InChI is InChI=1S/C14H14FNO2S/c1-10-6-7-19-13(10)8-16-14(17)9-18-12-5-3-2-4-11(12)15/h2-7H,8-9H2,1H3,(H,16,17). The maximum atomic E-state index is 13.2. The Bertz CT molecular complexity index is 568. The van der Waals surface area contributed by atoms with Crippen molar-refractivity contribution in [3.8, 4) is 5.75 Å². The minimum absolute atomic E-state index is 0.0879. The molecule has 100 valence electrons. The molecule has 1 aromatic carbocycles. The minimum atomic E-state index is -0.468. The first kappa shape index (κ1) is 13.5. The number of ether oxygens (including phenoxy) is 1. The van der Waals surface area contributed by atoms with Gasteiger partial charge in [-0.15, -0.1) is 11.3 Å². The number of rotatable bonds is 5. The summed E-state index contributed by atoms with van der Waals surface area (Å²) in [6.45, 7) is 2.28. The van der Waals surface area contributed by atoms with Crippen LogP contribution in [0.5, 0.6) is 5.75 Å². The first-order chi connectivity index (χ1) is 9.16. The third-order valence-electron chi connectivity index (χ3n) is 2.61. The largest absolute Gasteiger partial charge is 0.481 e. The highest BCUT2D eigenvalue weighted by Crippen LogP contribution is 2.16. The van der Waals surface area contributed by atoms with Crippen LogP contribution in [-0.2, 0) is 11.3 Å². The van der Waals surface area contributed by atoms with E-state index < -0.39 is 5.82 Å². The Hall–Kier alpha value is -1.88. The average Bonchev–Trinajstić information content (AvgIpc) is 2.81. The molecule has 0 aliphatic rings. The fourth-order valence-electron chi connectivity index (χ4n) is 1.52. The summed E-state index contributed by atoms with van der Waals surface area (Å²) in [5.41, 5.74) is 1.15. The number of halogens is 1. The lowest BCUT2D eigenvalue weighted by molar-refractivity contribution is -0.123. The second kappa shape index (κ2) is 6.33. The molecule has 0 saturated carbocycles. The Balaban J connectivity index is 1.79. The van der Waals surface area contributed by atoms with Gasteiger partial charge in [-0.2, -0.15) is 0 Å². The van der Waals surface area contributed by atoms with Crippen molar-refractivity contribution in [1.82, 2.24) is 5.32 Å². The molecule has 2 rings (SSSR count). The van der Waals surface area contributed by atoms with Gasteiger partial charge in [-0.05, 0) is 36.1 Å². The van der Waals surface area contributed by atoms with Crippen LogP contribution in [0, 0.1) is 12.7 Å². The Morgan fingerprint density at radius 1 is 1.37 bits per heavy atom. The zero-order chi connectivity index (χ0) is 13.7. The van der Waals surface area contributed by atoms with E-state index in [1.165, 1.54) is 12.1 Å². The molecule has 19 heavy (non-hydrogen) atoms. The highest BCUT2D eigenvalue weighted by molar-refractivity contribution is 7.10. The van der Waals surface area contributed by atoms with Gasteiger partial charge in [-0.25, -0.2) is 4.39 Å². The van der Waals surface area contributed by atoms with Gasteiger partial charge in [0.1, 0.15) is 0 Å².